The van der Waals surface area contributed by atoms with Gasteiger partial charge in [-0.05, 0) is 18.6 Å². The van der Waals surface area contributed by atoms with Crippen molar-refractivity contribution in [1.82, 2.24) is 0 Å². The van der Waals surface area contributed by atoms with Gasteiger partial charge in [-0.1, -0.05) is 12.1 Å². The Morgan fingerprint density at radius 1 is 1.45 bits per heavy atom. The van der Waals surface area contributed by atoms with Crippen LogP contribution in [0.15, 0.2) is 23.4 Å². The number of hydrogen-bond donors (Lipinski definition) is 3. The summed E-state index contributed by atoms with van der Waals surface area (Å²) in [5.74, 6) is 0.124. The van der Waals surface area contributed by atoms with Gasteiger partial charge >= 0.3 is 0 Å². The molecule has 7 heteroatoms. The molecule has 2 rings (SSSR count). The molecule has 0 spiro atoms. The number of oxime groups is 1. The van der Waals surface area contributed by atoms with E-state index in [1.165, 1.54) is 0 Å². The van der Waals surface area contributed by atoms with E-state index in [4.69, 9.17) is 20.4 Å². The topological polar surface area (TPSA) is 106 Å². The number of nitrogens with zero attached hydrogens (tertiary/aromatic N) is 1. The third-order valence-corrected chi connectivity index (χ3v) is 3.01. The van der Waals surface area contributed by atoms with Crippen molar-refractivity contribution in [3.05, 3.63) is 18.2 Å². The number of anilines is 1. The van der Waals surface area contributed by atoms with Crippen molar-refractivity contribution in [3.63, 3.8) is 0 Å². The predicted octanol–water partition coefficient (Wildman–Crippen LogP) is 1.17. The highest BCUT2D eigenvalue weighted by Gasteiger charge is 2.22. The molecule has 108 valence electrons. The third kappa shape index (κ3) is 2.93. The van der Waals surface area contributed by atoms with Gasteiger partial charge in [-0.2, -0.15) is 0 Å². The molecule has 0 fully saturated rings. The first-order valence-corrected chi connectivity index (χ1v) is 6.33. The van der Waals surface area contributed by atoms with Crippen LogP contribution in [0, 0.1) is 5.92 Å². The van der Waals surface area contributed by atoms with Crippen LogP contribution in [0.3, 0.4) is 0 Å². The number of rotatable bonds is 4. The predicted molar refractivity (Wildman–Crippen MR) is 73.3 cm³/mol. The Bertz CT molecular complexity index is 530. The number of hydrogen-bond acceptors (Lipinski definition) is 5. The number of nitrogens with two attached hydrogens (primary N) is 1. The number of carbonyl (C=O) groups is 1. The van der Waals surface area contributed by atoms with E-state index in [-0.39, 0.29) is 11.7 Å². The Kier molecular flexibility index (Phi) is 4.29. The van der Waals surface area contributed by atoms with Gasteiger partial charge < -0.3 is 25.7 Å². The Morgan fingerprint density at radius 2 is 2.15 bits per heavy atom. The number of nitrogens with one attached hydrogen (secondary N) is 1. The second-order valence-electron chi connectivity index (χ2n) is 4.33. The Morgan fingerprint density at radius 3 is 2.80 bits per heavy atom. The molecule has 1 unspecified atom stereocenters. The van der Waals surface area contributed by atoms with Crippen molar-refractivity contribution >= 4 is 17.4 Å². The fourth-order valence-electron chi connectivity index (χ4n) is 1.95. The average Bonchev–Trinajstić information content (AvgIpc) is 2.47. The summed E-state index contributed by atoms with van der Waals surface area (Å²) >= 11 is 0. The van der Waals surface area contributed by atoms with Crippen molar-refractivity contribution in [2.75, 3.05) is 18.5 Å². The molecule has 0 saturated heterocycles. The Hall–Kier alpha value is -2.44. The summed E-state index contributed by atoms with van der Waals surface area (Å²) in [6.07, 6.45) is 0.437. The van der Waals surface area contributed by atoms with Crippen LogP contribution in [0.1, 0.15) is 13.3 Å². The van der Waals surface area contributed by atoms with Gasteiger partial charge in [0, 0.05) is 11.8 Å². The smallest absolute Gasteiger partial charge is 0.235 e. The number of amidine groups is 1. The van der Waals surface area contributed by atoms with Gasteiger partial charge in [0.25, 0.3) is 0 Å². The summed E-state index contributed by atoms with van der Waals surface area (Å²) in [5, 5.41) is 14.2. The van der Waals surface area contributed by atoms with Crippen LogP contribution < -0.4 is 20.5 Å². The number of amides is 1. The van der Waals surface area contributed by atoms with Crippen molar-refractivity contribution < 1.29 is 19.5 Å². The molecule has 0 saturated carbocycles. The zero-order valence-corrected chi connectivity index (χ0v) is 11.1. The van der Waals surface area contributed by atoms with Crippen LogP contribution in [0.4, 0.5) is 5.69 Å². The molecule has 0 aliphatic carbocycles. The zero-order chi connectivity index (χ0) is 14.5. The SMILES string of the molecule is CCC(C(=O)Nc1ccc2c(c1)OCCO2)C(N)=NO. The van der Waals surface area contributed by atoms with Crippen molar-refractivity contribution in [2.24, 2.45) is 16.8 Å². The maximum absolute atomic E-state index is 12.1. The number of carbonyl (C=O) groups excluding carboxylic acids is 1. The van der Waals surface area contributed by atoms with Crippen LogP contribution in [0.2, 0.25) is 0 Å². The highest BCUT2D eigenvalue weighted by molar-refractivity contribution is 6.07. The second-order valence-corrected chi connectivity index (χ2v) is 4.33. The van der Waals surface area contributed by atoms with Crippen LogP contribution in [-0.2, 0) is 4.79 Å². The van der Waals surface area contributed by atoms with E-state index in [1.54, 1.807) is 25.1 Å². The lowest BCUT2D eigenvalue weighted by Gasteiger charge is -2.19. The van der Waals surface area contributed by atoms with E-state index >= 15 is 0 Å². The van der Waals surface area contributed by atoms with Gasteiger partial charge in [0.05, 0.1) is 5.92 Å². The zero-order valence-electron chi connectivity index (χ0n) is 11.1. The van der Waals surface area contributed by atoms with Gasteiger partial charge in [-0.3, -0.25) is 4.79 Å². The largest absolute Gasteiger partial charge is 0.486 e. The Labute approximate surface area is 116 Å². The lowest BCUT2D eigenvalue weighted by atomic mass is 10.0. The third-order valence-electron chi connectivity index (χ3n) is 3.01. The van der Waals surface area contributed by atoms with Gasteiger partial charge in [0.15, 0.2) is 17.3 Å². The highest BCUT2D eigenvalue weighted by atomic mass is 16.6. The van der Waals surface area contributed by atoms with E-state index < -0.39 is 5.92 Å². The fourth-order valence-corrected chi connectivity index (χ4v) is 1.95. The summed E-state index contributed by atoms with van der Waals surface area (Å²) in [6, 6.07) is 5.13. The summed E-state index contributed by atoms with van der Waals surface area (Å²) in [6.45, 7) is 2.78. The summed E-state index contributed by atoms with van der Waals surface area (Å²) in [7, 11) is 0. The lowest BCUT2D eigenvalue weighted by molar-refractivity contribution is -0.118. The maximum atomic E-state index is 12.1. The first-order valence-electron chi connectivity index (χ1n) is 6.33. The van der Waals surface area contributed by atoms with Crippen LogP contribution in [0.5, 0.6) is 11.5 Å². The van der Waals surface area contributed by atoms with Gasteiger partial charge in [0.2, 0.25) is 5.91 Å². The molecular formula is C13H17N3O4. The molecule has 0 bridgehead atoms. The minimum absolute atomic E-state index is 0.109. The van der Waals surface area contributed by atoms with Crippen molar-refractivity contribution in [1.29, 1.82) is 0 Å². The minimum Gasteiger partial charge on any atom is -0.486 e. The van der Waals surface area contributed by atoms with E-state index in [9.17, 15) is 4.79 Å². The van der Waals surface area contributed by atoms with Crippen molar-refractivity contribution in [2.45, 2.75) is 13.3 Å². The molecule has 0 radical (unpaired) electrons. The molecule has 1 heterocycles. The first kappa shape index (κ1) is 14.0. The van der Waals surface area contributed by atoms with Crippen LogP contribution in [-0.4, -0.2) is 30.2 Å². The summed E-state index contributed by atoms with van der Waals surface area (Å²) in [4.78, 5) is 12.1. The summed E-state index contributed by atoms with van der Waals surface area (Å²) in [5.41, 5.74) is 6.06. The maximum Gasteiger partial charge on any atom is 0.235 e. The molecule has 4 N–H and O–H groups in total. The van der Waals surface area contributed by atoms with Crippen LogP contribution in [0.25, 0.3) is 0 Å². The molecular weight excluding hydrogens is 262 g/mol. The lowest BCUT2D eigenvalue weighted by Crippen LogP contribution is -2.34. The second kappa shape index (κ2) is 6.14. The first-order chi connectivity index (χ1) is 9.65. The van der Waals surface area contributed by atoms with E-state index in [2.05, 4.69) is 10.5 Å². The normalized spacial score (nSPS) is 15.6. The Balaban J connectivity index is 2.11. The van der Waals surface area contributed by atoms with E-state index in [1.807, 2.05) is 0 Å². The van der Waals surface area contributed by atoms with E-state index in [0.29, 0.717) is 36.8 Å². The molecule has 1 atom stereocenters. The molecule has 1 amide bonds. The molecule has 1 aromatic rings. The quantitative estimate of drug-likeness (QED) is 0.332. The number of ether oxygens (including phenoxy) is 2. The number of benzene rings is 1. The van der Waals surface area contributed by atoms with Crippen molar-refractivity contribution in [3.8, 4) is 11.5 Å². The standard InChI is InChI=1S/C13H17N3O4/c1-2-9(12(14)16-18)13(17)15-8-3-4-10-11(7-8)20-6-5-19-10/h3-4,7,9,18H,2,5-6H2,1H3,(H2,14,16)(H,15,17). The average molecular weight is 279 g/mol. The molecule has 0 aromatic heterocycles. The molecule has 20 heavy (non-hydrogen) atoms. The fraction of sp³-hybridized carbons (Fsp3) is 0.385. The monoisotopic (exact) mass is 279 g/mol. The highest BCUT2D eigenvalue weighted by Crippen LogP contribution is 2.32. The van der Waals surface area contributed by atoms with E-state index in [0.717, 1.165) is 0 Å². The minimum atomic E-state index is -0.673. The van der Waals surface area contributed by atoms with Gasteiger partial charge in [-0.25, -0.2) is 0 Å². The molecule has 1 aliphatic heterocycles. The van der Waals surface area contributed by atoms with Gasteiger partial charge in [-0.15, -0.1) is 0 Å². The molecule has 7 nitrogen and oxygen atoms in total. The number of fused-ring (bicyclic) bond motifs is 1. The van der Waals surface area contributed by atoms with Gasteiger partial charge in [0.1, 0.15) is 13.2 Å². The molecule has 1 aromatic carbocycles. The summed E-state index contributed by atoms with van der Waals surface area (Å²) < 4.78 is 10.8. The molecule has 1 aliphatic rings. The van der Waals surface area contributed by atoms with Crippen LogP contribution >= 0.6 is 0 Å².